The number of aryl methyl sites for hydroxylation is 12. The van der Waals surface area contributed by atoms with Crippen molar-refractivity contribution in [2.75, 3.05) is 0 Å². The molecule has 7 heteroatoms. The summed E-state index contributed by atoms with van der Waals surface area (Å²) in [6.45, 7) is 33.2. The van der Waals surface area contributed by atoms with Gasteiger partial charge in [0, 0.05) is 95.8 Å². The van der Waals surface area contributed by atoms with Crippen molar-refractivity contribution >= 4 is 87.5 Å². The highest BCUT2D eigenvalue weighted by Gasteiger charge is 2.15. The standard InChI is InChI=1S/C15H15N.3C14H14N2.4C2H6/c1-10-8-9-13-12-6-4-5-7-14(12)16(3)15(13)11(10)2;1-9-6-7-11-13-12(5-4-8-15-13)16(3)14(11)10(9)2;1-9-10(2)15-8-12-11-6-4-5-7-13(11)16(3)14(9)12;1-9-8-15-13-11-6-4-5-7-12(11)16(3)14(13)10(9)2;4*1-2/h4-9H,1-3H3;3*4-8H,1-3H3;4*1-2H3. The van der Waals surface area contributed by atoms with Crippen LogP contribution in [0.2, 0.25) is 0 Å². The van der Waals surface area contributed by atoms with E-state index in [1.807, 2.05) is 80.0 Å². The minimum atomic E-state index is 1.10. The minimum Gasteiger partial charge on any atom is -0.343 e. The maximum atomic E-state index is 4.57. The molecule has 0 N–H and O–H groups in total. The lowest BCUT2D eigenvalue weighted by molar-refractivity contribution is 0.999. The van der Waals surface area contributed by atoms with Gasteiger partial charge >= 0.3 is 0 Å². The van der Waals surface area contributed by atoms with Crippen molar-refractivity contribution in [2.24, 2.45) is 28.2 Å². The normalized spacial score (nSPS) is 10.5. The molecule has 12 aromatic rings. The zero-order valence-corrected chi connectivity index (χ0v) is 47.3. The molecule has 0 saturated carbocycles. The summed E-state index contributed by atoms with van der Waals surface area (Å²) in [4.78, 5) is 13.5. The molecule has 7 aromatic heterocycles. The second kappa shape index (κ2) is 24.7. The van der Waals surface area contributed by atoms with Crippen LogP contribution in [0.1, 0.15) is 100 Å². The summed E-state index contributed by atoms with van der Waals surface area (Å²) in [5, 5.41) is 7.74. The van der Waals surface area contributed by atoms with Crippen molar-refractivity contribution < 1.29 is 0 Å². The van der Waals surface area contributed by atoms with Crippen LogP contribution in [0, 0.1) is 55.4 Å². The summed E-state index contributed by atoms with van der Waals surface area (Å²) < 4.78 is 9.03. The van der Waals surface area contributed by atoms with Crippen LogP contribution < -0.4 is 0 Å². The second-order valence-corrected chi connectivity index (χ2v) is 17.5. The number of hydrogen-bond donors (Lipinski definition) is 0. The lowest BCUT2D eigenvalue weighted by Gasteiger charge is -2.04. The Morgan fingerprint density at radius 1 is 0.292 bits per heavy atom. The zero-order chi connectivity index (χ0) is 53.1. The molecule has 72 heavy (non-hydrogen) atoms. The van der Waals surface area contributed by atoms with E-state index in [9.17, 15) is 0 Å². The molecule has 0 spiro atoms. The molecule has 0 unspecified atom stereocenters. The Balaban J connectivity index is 0.000000170. The maximum Gasteiger partial charge on any atom is 0.0962 e. The molecular weight excluding hydrogens is 879 g/mol. The van der Waals surface area contributed by atoms with E-state index in [0.29, 0.717) is 0 Å². The molecule has 5 aromatic carbocycles. The van der Waals surface area contributed by atoms with E-state index < -0.39 is 0 Å². The second-order valence-electron chi connectivity index (χ2n) is 17.5. The van der Waals surface area contributed by atoms with Crippen LogP contribution in [-0.4, -0.2) is 33.2 Å². The van der Waals surface area contributed by atoms with E-state index in [1.165, 1.54) is 115 Å². The smallest absolute Gasteiger partial charge is 0.0962 e. The van der Waals surface area contributed by atoms with Gasteiger partial charge in [0.25, 0.3) is 0 Å². The number of rotatable bonds is 0. The molecule has 0 aliphatic carbocycles. The lowest BCUT2D eigenvalue weighted by atomic mass is 10.1. The Labute approximate surface area is 430 Å². The molecule has 7 nitrogen and oxygen atoms in total. The van der Waals surface area contributed by atoms with Gasteiger partial charge in [0.1, 0.15) is 0 Å². The van der Waals surface area contributed by atoms with Gasteiger partial charge in [0.05, 0.1) is 44.1 Å². The summed E-state index contributed by atoms with van der Waals surface area (Å²) in [6.07, 6.45) is 5.81. The van der Waals surface area contributed by atoms with Crippen LogP contribution in [0.25, 0.3) is 87.5 Å². The molecule has 7 heterocycles. The van der Waals surface area contributed by atoms with E-state index in [1.54, 1.807) is 0 Å². The summed E-state index contributed by atoms with van der Waals surface area (Å²) in [5.74, 6) is 0. The Morgan fingerprint density at radius 2 is 0.694 bits per heavy atom. The third-order valence-electron chi connectivity index (χ3n) is 13.9. The van der Waals surface area contributed by atoms with Crippen molar-refractivity contribution in [1.82, 2.24) is 33.2 Å². The highest BCUT2D eigenvalue weighted by molar-refractivity contribution is 6.11. The van der Waals surface area contributed by atoms with Crippen LogP contribution in [0.3, 0.4) is 0 Å². The van der Waals surface area contributed by atoms with Crippen LogP contribution in [0.5, 0.6) is 0 Å². The van der Waals surface area contributed by atoms with Crippen LogP contribution in [0.4, 0.5) is 0 Å². The number of fused-ring (bicyclic) bond motifs is 12. The van der Waals surface area contributed by atoms with E-state index in [0.717, 1.165) is 16.7 Å². The molecule has 0 radical (unpaired) electrons. The topological polar surface area (TPSA) is 58.4 Å². The molecule has 0 bridgehead atoms. The maximum absolute atomic E-state index is 4.57. The summed E-state index contributed by atoms with van der Waals surface area (Å²) >= 11 is 0. The predicted octanol–water partition coefficient (Wildman–Crippen LogP) is 18.1. The third kappa shape index (κ3) is 10.3. The largest absolute Gasteiger partial charge is 0.343 e. The van der Waals surface area contributed by atoms with Crippen molar-refractivity contribution in [3.05, 3.63) is 172 Å². The van der Waals surface area contributed by atoms with Gasteiger partial charge < -0.3 is 18.3 Å². The van der Waals surface area contributed by atoms with Crippen molar-refractivity contribution in [3.63, 3.8) is 0 Å². The number of aromatic nitrogens is 7. The number of benzene rings is 5. The Kier molecular flexibility index (Phi) is 19.1. The molecule has 376 valence electrons. The molecule has 0 amide bonds. The number of hydrogen-bond acceptors (Lipinski definition) is 3. The average molecular weight is 960 g/mol. The van der Waals surface area contributed by atoms with E-state index >= 15 is 0 Å². The Morgan fingerprint density at radius 3 is 1.25 bits per heavy atom. The lowest BCUT2D eigenvalue weighted by Crippen LogP contribution is -1.93. The van der Waals surface area contributed by atoms with Gasteiger partial charge in [-0.05, 0) is 125 Å². The molecule has 0 saturated heterocycles. The number of nitrogens with zero attached hydrogens (tertiary/aromatic N) is 7. The van der Waals surface area contributed by atoms with E-state index in [-0.39, 0.29) is 0 Å². The monoisotopic (exact) mass is 960 g/mol. The fourth-order valence-electron chi connectivity index (χ4n) is 9.80. The first-order valence-electron chi connectivity index (χ1n) is 26.1. The molecule has 12 rings (SSSR count). The van der Waals surface area contributed by atoms with Gasteiger partial charge in [-0.15, -0.1) is 0 Å². The molecule has 0 aliphatic rings. The molecule has 0 aliphatic heterocycles. The quantitative estimate of drug-likeness (QED) is 0.152. The van der Waals surface area contributed by atoms with Crippen molar-refractivity contribution in [3.8, 4) is 0 Å². The van der Waals surface area contributed by atoms with Crippen molar-refractivity contribution in [2.45, 2.75) is 111 Å². The summed E-state index contributed by atoms with van der Waals surface area (Å²) in [7, 11) is 8.49. The fourth-order valence-corrected chi connectivity index (χ4v) is 9.80. The molecule has 0 fully saturated rings. The van der Waals surface area contributed by atoms with Gasteiger partial charge in [-0.3, -0.25) is 15.0 Å². The third-order valence-corrected chi connectivity index (χ3v) is 13.9. The first-order valence-corrected chi connectivity index (χ1v) is 26.1. The summed E-state index contributed by atoms with van der Waals surface area (Å²) in [5.41, 5.74) is 22.8. The van der Waals surface area contributed by atoms with Gasteiger partial charge in [-0.2, -0.15) is 0 Å². The molecule has 0 atom stereocenters. The Hall–Kier alpha value is -7.25. The van der Waals surface area contributed by atoms with E-state index in [2.05, 4.69) is 220 Å². The summed E-state index contributed by atoms with van der Waals surface area (Å²) in [6, 6.07) is 38.4. The van der Waals surface area contributed by atoms with Crippen LogP contribution >= 0.6 is 0 Å². The SMILES string of the molecule is CC.CC.CC.CC.Cc1ccc2c3ccccc3n(C)c2c1C.Cc1ccc2c3ncccc3n(C)c2c1C.Cc1cnc2c3ccccc3n(C)c2c1C.Cc1ncc2c3ccccc3n(C)c2c1C. The number of pyridine rings is 3. The minimum absolute atomic E-state index is 1.10. The highest BCUT2D eigenvalue weighted by Crippen LogP contribution is 2.34. The fraction of sp³-hybridized carbons (Fsp3) is 0.308. The van der Waals surface area contributed by atoms with Gasteiger partial charge in [-0.25, -0.2) is 0 Å². The first kappa shape index (κ1) is 55.7. The first-order chi connectivity index (χ1) is 34.8. The van der Waals surface area contributed by atoms with Crippen molar-refractivity contribution in [1.29, 1.82) is 0 Å². The zero-order valence-electron chi connectivity index (χ0n) is 47.3. The van der Waals surface area contributed by atoms with Crippen LogP contribution in [0.15, 0.2) is 128 Å². The van der Waals surface area contributed by atoms with Gasteiger partial charge in [-0.1, -0.05) is 134 Å². The Bertz CT molecular complexity index is 3260. The molecular formula is C65H81N7. The average Bonchev–Trinajstić information content (AvgIpc) is 4.10. The highest BCUT2D eigenvalue weighted by atomic mass is 15.0. The van der Waals surface area contributed by atoms with Crippen LogP contribution in [-0.2, 0) is 28.2 Å². The van der Waals surface area contributed by atoms with E-state index in [4.69, 9.17) is 0 Å². The van der Waals surface area contributed by atoms with Gasteiger partial charge in [0.2, 0.25) is 0 Å². The van der Waals surface area contributed by atoms with Gasteiger partial charge in [0.15, 0.2) is 0 Å². The predicted molar refractivity (Wildman–Crippen MR) is 318 cm³/mol. The number of para-hydroxylation sites is 3.